The summed E-state index contributed by atoms with van der Waals surface area (Å²) >= 11 is 0. The summed E-state index contributed by atoms with van der Waals surface area (Å²) < 4.78 is 68.4. The summed E-state index contributed by atoms with van der Waals surface area (Å²) in [4.78, 5) is 73.2. The molecule has 648 valence electrons. The number of hydrogen-bond acceptors (Lipinski definition) is 15. The topological polar surface area (TPSA) is 237 Å². The van der Waals surface area contributed by atoms with Crippen molar-refractivity contribution in [3.63, 3.8) is 0 Å². The first-order valence-electron chi connectivity index (χ1n) is 42.9. The lowest BCUT2D eigenvalue weighted by atomic mass is 10.2. The summed E-state index contributed by atoms with van der Waals surface area (Å²) in [5.74, 6) is -2.60. The van der Waals surface area contributed by atoms with Gasteiger partial charge in [-0.2, -0.15) is 0 Å². The third-order valence-corrected chi connectivity index (χ3v) is 18.4. The van der Waals surface area contributed by atoms with Crippen LogP contribution in [0.25, 0.3) is 0 Å². The number of ether oxygens (including phenoxy) is 4. The van der Waals surface area contributed by atoms with Gasteiger partial charge in [-0.25, -0.2) is 9.13 Å². The summed E-state index contributed by atoms with van der Waals surface area (Å²) in [5, 5.41) is 10.7. The molecule has 0 aliphatic heterocycles. The molecule has 3 N–H and O–H groups in total. The van der Waals surface area contributed by atoms with Gasteiger partial charge in [-0.05, 0) is 180 Å². The largest absolute Gasteiger partial charge is 0.472 e. The van der Waals surface area contributed by atoms with Crippen LogP contribution in [0.5, 0.6) is 0 Å². The molecule has 5 atom stereocenters. The van der Waals surface area contributed by atoms with Gasteiger partial charge in [0.2, 0.25) is 0 Å². The van der Waals surface area contributed by atoms with Gasteiger partial charge < -0.3 is 33.8 Å². The maximum atomic E-state index is 13.1. The maximum Gasteiger partial charge on any atom is 0.472 e. The minimum Gasteiger partial charge on any atom is -0.462 e. The zero-order valence-electron chi connectivity index (χ0n) is 71.0. The monoisotopic (exact) mass is 1650 g/mol. The maximum absolute atomic E-state index is 13.1. The Kier molecular flexibility index (Phi) is 80.0. The van der Waals surface area contributed by atoms with Crippen LogP contribution in [0.1, 0.15) is 272 Å². The minimum absolute atomic E-state index is 0.00666. The summed E-state index contributed by atoms with van der Waals surface area (Å²) in [6.07, 6.45) is 114. The van der Waals surface area contributed by atoms with Crippen molar-refractivity contribution in [3.8, 4) is 0 Å². The van der Waals surface area contributed by atoms with E-state index in [1.54, 1.807) is 0 Å². The predicted octanol–water partition coefficient (Wildman–Crippen LogP) is 26.1. The van der Waals surface area contributed by atoms with Gasteiger partial charge in [0.25, 0.3) is 0 Å². The Bertz CT molecular complexity index is 3210. The van der Waals surface area contributed by atoms with Crippen LogP contribution < -0.4 is 0 Å². The van der Waals surface area contributed by atoms with Gasteiger partial charge in [-0.15, -0.1) is 0 Å². The lowest BCUT2D eigenvalue weighted by Crippen LogP contribution is -2.30. The van der Waals surface area contributed by atoms with Crippen molar-refractivity contribution >= 4 is 39.5 Å². The average Bonchev–Trinajstić information content (AvgIpc) is 0.898. The van der Waals surface area contributed by atoms with Crippen molar-refractivity contribution < 1.29 is 80.2 Å². The van der Waals surface area contributed by atoms with E-state index < -0.39 is 97.5 Å². The highest BCUT2D eigenvalue weighted by molar-refractivity contribution is 7.47. The molecule has 0 radical (unpaired) electrons. The third kappa shape index (κ3) is 84.5. The fourth-order valence-electron chi connectivity index (χ4n) is 10.0. The molecule has 0 rings (SSSR count). The fraction of sp³-hybridized carbons (Fsp3) is 0.526. The number of aliphatic hydroxyl groups excluding tert-OH is 1. The van der Waals surface area contributed by atoms with E-state index in [1.165, 1.54) is 57.8 Å². The van der Waals surface area contributed by atoms with E-state index in [1.807, 2.05) is 72.9 Å². The second-order valence-electron chi connectivity index (χ2n) is 27.3. The van der Waals surface area contributed by atoms with Gasteiger partial charge in [0.05, 0.1) is 26.4 Å². The number of phosphoric acid groups is 2. The van der Waals surface area contributed by atoms with E-state index >= 15 is 0 Å². The second kappa shape index (κ2) is 85.5. The number of aliphatic hydroxyl groups is 1. The number of esters is 4. The Hall–Kier alpha value is -7.40. The molecule has 0 bridgehead atoms. The van der Waals surface area contributed by atoms with E-state index in [0.29, 0.717) is 51.4 Å². The Morgan fingerprint density at radius 1 is 0.250 bits per heavy atom. The molecule has 17 nitrogen and oxygen atoms in total. The molecular formula is C97H148O17P2. The van der Waals surface area contributed by atoms with Crippen LogP contribution in [0.4, 0.5) is 0 Å². The average molecular weight is 1650 g/mol. The summed E-state index contributed by atoms with van der Waals surface area (Å²) in [7, 11) is -10.1. The Labute approximate surface area is 700 Å². The normalized spacial score (nSPS) is 15.0. The molecule has 0 saturated carbocycles. The molecule has 0 fully saturated rings. The van der Waals surface area contributed by atoms with E-state index in [2.05, 4.69) is 210 Å². The molecule has 0 aromatic carbocycles. The molecule has 0 spiro atoms. The van der Waals surface area contributed by atoms with Crippen LogP contribution in [-0.4, -0.2) is 96.7 Å². The van der Waals surface area contributed by atoms with Crippen molar-refractivity contribution in [1.82, 2.24) is 0 Å². The molecule has 0 aliphatic carbocycles. The fourth-order valence-corrected chi connectivity index (χ4v) is 11.6. The van der Waals surface area contributed by atoms with Crippen molar-refractivity contribution in [2.45, 2.75) is 290 Å². The number of hydrogen-bond donors (Lipinski definition) is 3. The molecular weight excluding hydrogens is 1500 g/mol. The van der Waals surface area contributed by atoms with Crippen LogP contribution in [0.3, 0.4) is 0 Å². The van der Waals surface area contributed by atoms with Gasteiger partial charge in [-0.3, -0.25) is 37.3 Å². The van der Waals surface area contributed by atoms with E-state index in [9.17, 15) is 43.2 Å². The highest BCUT2D eigenvalue weighted by Gasteiger charge is 2.30. The zero-order chi connectivity index (χ0) is 84.5. The second-order valence-corrected chi connectivity index (χ2v) is 30.2. The SMILES string of the molecule is CC/C=C\C/C=C\C/C=C\C/C=C\C/C=C\C/C=C\CCC(=O)O[C@H](COC(=O)CC/C=C\C/C=C\C/C=C\C/C=C\C/C=C\CCCCC)COP(=O)(O)OC[C@@H](O)COP(=O)(O)OC[C@@H](COC(=O)CC/C=C\C/C=C\C/C=C\C/C=C\C/C=C\CCCCC)OC(=O)CC/C=C\C/C=C\C/C=C\C/C=C\C/C=C\CCCCC. The molecule has 0 aromatic rings. The summed E-state index contributed by atoms with van der Waals surface area (Å²) in [6.45, 7) is 4.29. The third-order valence-electron chi connectivity index (χ3n) is 16.5. The molecule has 2 unspecified atom stereocenters. The van der Waals surface area contributed by atoms with Crippen LogP contribution in [0, 0.1) is 0 Å². The molecule has 0 heterocycles. The molecule has 19 heteroatoms. The van der Waals surface area contributed by atoms with Gasteiger partial charge >= 0.3 is 39.5 Å². The van der Waals surface area contributed by atoms with E-state index in [-0.39, 0.29) is 25.7 Å². The predicted molar refractivity (Wildman–Crippen MR) is 481 cm³/mol. The summed E-state index contributed by atoms with van der Waals surface area (Å²) in [6, 6.07) is 0. The Morgan fingerprint density at radius 2 is 0.440 bits per heavy atom. The molecule has 116 heavy (non-hydrogen) atoms. The Morgan fingerprint density at radius 3 is 0.655 bits per heavy atom. The first kappa shape index (κ1) is 109. The molecule has 0 amide bonds. The lowest BCUT2D eigenvalue weighted by molar-refractivity contribution is -0.161. The van der Waals surface area contributed by atoms with Crippen LogP contribution >= 0.6 is 15.6 Å². The highest BCUT2D eigenvalue weighted by Crippen LogP contribution is 2.45. The quantitative estimate of drug-likeness (QED) is 0.0169. The summed E-state index contributed by atoms with van der Waals surface area (Å²) in [5.41, 5.74) is 0. The van der Waals surface area contributed by atoms with Gasteiger partial charge in [0.15, 0.2) is 12.2 Å². The lowest BCUT2D eigenvalue weighted by Gasteiger charge is -2.21. The smallest absolute Gasteiger partial charge is 0.462 e. The number of rotatable bonds is 77. The van der Waals surface area contributed by atoms with Gasteiger partial charge in [0.1, 0.15) is 19.3 Å². The first-order valence-corrected chi connectivity index (χ1v) is 45.9. The van der Waals surface area contributed by atoms with Crippen molar-refractivity contribution in [2.24, 2.45) is 0 Å². The van der Waals surface area contributed by atoms with Crippen molar-refractivity contribution in [3.05, 3.63) is 255 Å². The van der Waals surface area contributed by atoms with Crippen LogP contribution in [0.2, 0.25) is 0 Å². The molecule has 0 aromatic heterocycles. The first-order chi connectivity index (χ1) is 56.7. The standard InChI is InChI=1S/C97H148O17P2/c1-5-9-13-17-21-25-29-33-37-41-45-49-53-57-61-65-69-73-77-81-94(99)107-87-92(113-96(101)83-79-75-71-67-63-59-55-51-47-43-39-35-31-27-23-19-15-11-7-3)89-111-115(103,104)109-85-91(98)86-110-116(105,106)112-90-93(114-97(102)84-80-76-72-68-64-60-56-52-48-44-40-36-32-28-24-20-16-12-8-4)88-108-95(100)82-78-74-70-66-62-58-54-50-46-42-38-34-30-26-22-18-14-10-6-2/h11,15,21-28,33-40,45-52,57-64,69-76,91-93,98H,5-10,12-14,16-20,29-32,41-44,53-56,65-68,77-90H2,1-4H3,(H,103,104)(H,105,106)/b15-11-,25-21-,26-22-,27-23-,28-24-,37-33-,38-34-,39-35-,40-36-,49-45-,50-46-,51-47-,52-48-,61-57-,62-58-,63-59-,64-60-,73-69-,74-70-,75-71-,76-72-/t91-,92-,93-/m1/s1. The zero-order valence-corrected chi connectivity index (χ0v) is 72.8. The number of allylic oxidation sites excluding steroid dienone is 42. The number of phosphoric ester groups is 2. The van der Waals surface area contributed by atoms with Crippen molar-refractivity contribution in [1.29, 1.82) is 0 Å². The highest BCUT2D eigenvalue weighted by atomic mass is 31.2. The van der Waals surface area contributed by atoms with E-state index in [0.717, 1.165) is 109 Å². The van der Waals surface area contributed by atoms with Gasteiger partial charge in [0, 0.05) is 25.7 Å². The van der Waals surface area contributed by atoms with Gasteiger partial charge in [-0.1, -0.05) is 321 Å². The number of carbonyl (C=O) groups is 4. The molecule has 0 saturated heterocycles. The van der Waals surface area contributed by atoms with E-state index in [4.69, 9.17) is 37.0 Å². The number of carbonyl (C=O) groups excluding carboxylic acids is 4. The number of unbranched alkanes of at least 4 members (excludes halogenated alkanes) is 9. The van der Waals surface area contributed by atoms with Crippen LogP contribution in [-0.2, 0) is 65.4 Å². The Balaban J connectivity index is 5.70. The minimum atomic E-state index is -5.05. The van der Waals surface area contributed by atoms with Crippen LogP contribution in [0.15, 0.2) is 255 Å². The molecule has 0 aliphatic rings. The van der Waals surface area contributed by atoms with Crippen molar-refractivity contribution in [2.75, 3.05) is 39.6 Å².